The number of amides is 2. The molecule has 1 aromatic heterocycles. The molecule has 0 spiro atoms. The van der Waals surface area contributed by atoms with Crippen molar-refractivity contribution >= 4 is 28.8 Å². The number of oxazole rings is 1. The van der Waals surface area contributed by atoms with E-state index < -0.39 is 17.7 Å². The first-order chi connectivity index (χ1) is 12.6. The van der Waals surface area contributed by atoms with Gasteiger partial charge < -0.3 is 14.5 Å². The van der Waals surface area contributed by atoms with Crippen LogP contribution in [0.2, 0.25) is 0 Å². The van der Waals surface area contributed by atoms with Gasteiger partial charge in [0.15, 0.2) is 11.5 Å². The third kappa shape index (κ3) is 4.40. The number of rotatable bonds is 3. The summed E-state index contributed by atoms with van der Waals surface area (Å²) in [5.74, 6) is 0.641. The molecule has 3 rings (SSSR count). The van der Waals surface area contributed by atoms with Crippen molar-refractivity contribution in [1.29, 1.82) is 0 Å². The molecule has 0 radical (unpaired) electrons. The molecule has 2 heterocycles. The molecular formula is C20H27N3O4. The number of ether oxygens (including phenoxy) is 1. The van der Waals surface area contributed by atoms with E-state index in [0.717, 1.165) is 6.42 Å². The summed E-state index contributed by atoms with van der Waals surface area (Å²) >= 11 is 0. The number of aromatic nitrogens is 1. The lowest BCUT2D eigenvalue weighted by atomic mass is 10.2. The molecule has 0 aliphatic carbocycles. The Bertz CT molecular complexity index is 851. The maximum Gasteiger partial charge on any atom is 0.410 e. The molecule has 0 saturated carbocycles. The van der Waals surface area contributed by atoms with Crippen LogP contribution in [-0.2, 0) is 9.53 Å². The number of nitrogens with one attached hydrogen (secondary N) is 1. The molecule has 7 heteroatoms. The first kappa shape index (κ1) is 19.2. The minimum atomic E-state index is -0.590. The number of nitrogens with zero attached hydrogens (tertiary/aromatic N) is 2. The summed E-state index contributed by atoms with van der Waals surface area (Å²) in [7, 11) is 0. The predicted octanol–water partition coefficient (Wildman–Crippen LogP) is 4.29. The number of carbonyl (C=O) groups is 2. The predicted molar refractivity (Wildman–Crippen MR) is 103 cm³/mol. The van der Waals surface area contributed by atoms with Crippen molar-refractivity contribution in [2.45, 2.75) is 65.0 Å². The summed E-state index contributed by atoms with van der Waals surface area (Å²) in [4.78, 5) is 31.1. The molecule has 0 bridgehead atoms. The van der Waals surface area contributed by atoms with Gasteiger partial charge in [-0.05, 0) is 51.8 Å². The van der Waals surface area contributed by atoms with Crippen molar-refractivity contribution in [1.82, 2.24) is 9.88 Å². The molecule has 146 valence electrons. The molecule has 1 saturated heterocycles. The zero-order valence-electron chi connectivity index (χ0n) is 16.5. The molecule has 1 aliphatic rings. The van der Waals surface area contributed by atoms with E-state index in [1.807, 2.05) is 34.6 Å². The number of carbonyl (C=O) groups excluding carboxylic acids is 2. The number of fused-ring (bicyclic) bond motifs is 1. The van der Waals surface area contributed by atoms with Gasteiger partial charge in [0.25, 0.3) is 0 Å². The van der Waals surface area contributed by atoms with Crippen molar-refractivity contribution in [2.24, 2.45) is 0 Å². The maximum absolute atomic E-state index is 12.7. The van der Waals surface area contributed by atoms with E-state index in [9.17, 15) is 9.59 Å². The number of hydrogen-bond donors (Lipinski definition) is 1. The third-order valence-electron chi connectivity index (χ3n) is 4.35. The number of likely N-dealkylation sites (tertiary alicyclic amines) is 1. The Morgan fingerprint density at radius 2 is 2.07 bits per heavy atom. The lowest BCUT2D eigenvalue weighted by Crippen LogP contribution is -2.45. The highest BCUT2D eigenvalue weighted by Gasteiger charge is 2.36. The Hall–Kier alpha value is -2.57. The monoisotopic (exact) mass is 373 g/mol. The highest BCUT2D eigenvalue weighted by atomic mass is 16.6. The van der Waals surface area contributed by atoms with Crippen LogP contribution in [0.1, 0.15) is 59.3 Å². The summed E-state index contributed by atoms with van der Waals surface area (Å²) in [6, 6.07) is 4.83. The molecule has 0 unspecified atom stereocenters. The highest BCUT2D eigenvalue weighted by molar-refractivity contribution is 5.98. The van der Waals surface area contributed by atoms with Crippen molar-refractivity contribution in [3.63, 3.8) is 0 Å². The molecule has 7 nitrogen and oxygen atoms in total. The Balaban J connectivity index is 1.72. The van der Waals surface area contributed by atoms with Gasteiger partial charge in [0.1, 0.15) is 17.2 Å². The van der Waals surface area contributed by atoms with Crippen LogP contribution in [0.5, 0.6) is 0 Å². The van der Waals surface area contributed by atoms with E-state index >= 15 is 0 Å². The second-order valence-electron chi connectivity index (χ2n) is 8.21. The Labute approximate surface area is 159 Å². The number of anilines is 1. The topological polar surface area (TPSA) is 84.7 Å². The average molecular weight is 373 g/mol. The Morgan fingerprint density at radius 3 is 2.74 bits per heavy atom. The van der Waals surface area contributed by atoms with Crippen molar-refractivity contribution < 1.29 is 18.7 Å². The highest BCUT2D eigenvalue weighted by Crippen LogP contribution is 2.25. The number of benzene rings is 1. The smallest absolute Gasteiger partial charge is 0.410 e. The van der Waals surface area contributed by atoms with Crippen molar-refractivity contribution in [2.75, 3.05) is 11.9 Å². The molecule has 1 aromatic carbocycles. The van der Waals surface area contributed by atoms with Crippen LogP contribution in [0.4, 0.5) is 10.5 Å². The SMILES string of the molecule is CC(C)c1nc2cc(NC(=O)[C@@H]3CCCN3C(=O)OC(C)(C)C)ccc2o1. The zero-order valence-corrected chi connectivity index (χ0v) is 16.5. The number of hydrogen-bond acceptors (Lipinski definition) is 5. The standard InChI is InChI=1S/C20H27N3O4/c1-12(2)18-22-14-11-13(8-9-16(14)26-18)21-17(24)15-7-6-10-23(15)19(25)27-20(3,4)5/h8-9,11-12,15H,6-7,10H2,1-5H3,(H,21,24)/t15-/m0/s1. The quantitative estimate of drug-likeness (QED) is 0.867. The first-order valence-corrected chi connectivity index (χ1v) is 9.35. The maximum atomic E-state index is 12.7. The molecule has 1 fully saturated rings. The molecule has 1 N–H and O–H groups in total. The Kier molecular flexibility index (Phi) is 5.13. The third-order valence-corrected chi connectivity index (χ3v) is 4.35. The molecule has 1 aliphatic heterocycles. The Morgan fingerprint density at radius 1 is 1.33 bits per heavy atom. The minimum absolute atomic E-state index is 0.191. The fourth-order valence-corrected chi connectivity index (χ4v) is 3.07. The lowest BCUT2D eigenvalue weighted by molar-refractivity contribution is -0.120. The lowest BCUT2D eigenvalue weighted by Gasteiger charge is -2.28. The van der Waals surface area contributed by atoms with E-state index in [1.54, 1.807) is 18.2 Å². The summed E-state index contributed by atoms with van der Waals surface area (Å²) in [5.41, 5.74) is 1.43. The van der Waals surface area contributed by atoms with Gasteiger partial charge in [-0.15, -0.1) is 0 Å². The van der Waals surface area contributed by atoms with Crippen LogP contribution < -0.4 is 5.32 Å². The van der Waals surface area contributed by atoms with Crippen molar-refractivity contribution in [3.05, 3.63) is 24.1 Å². The van der Waals surface area contributed by atoms with Gasteiger partial charge >= 0.3 is 6.09 Å². The van der Waals surface area contributed by atoms with Crippen LogP contribution in [0, 0.1) is 0 Å². The second-order valence-corrected chi connectivity index (χ2v) is 8.21. The van der Waals surface area contributed by atoms with Gasteiger partial charge in [-0.2, -0.15) is 0 Å². The van der Waals surface area contributed by atoms with Gasteiger partial charge in [0.05, 0.1) is 0 Å². The molecule has 2 amide bonds. The molecular weight excluding hydrogens is 346 g/mol. The van der Waals surface area contributed by atoms with Crippen LogP contribution in [0.3, 0.4) is 0 Å². The van der Waals surface area contributed by atoms with Gasteiger partial charge in [-0.1, -0.05) is 13.8 Å². The van der Waals surface area contributed by atoms with E-state index in [2.05, 4.69) is 10.3 Å². The summed E-state index contributed by atoms with van der Waals surface area (Å²) in [6.07, 6.45) is 0.945. The minimum Gasteiger partial charge on any atom is -0.444 e. The fraction of sp³-hybridized carbons (Fsp3) is 0.550. The largest absolute Gasteiger partial charge is 0.444 e. The van der Waals surface area contributed by atoms with Crippen LogP contribution in [0.25, 0.3) is 11.1 Å². The van der Waals surface area contributed by atoms with E-state index in [4.69, 9.17) is 9.15 Å². The molecule has 27 heavy (non-hydrogen) atoms. The van der Waals surface area contributed by atoms with Gasteiger partial charge in [-0.25, -0.2) is 9.78 Å². The first-order valence-electron chi connectivity index (χ1n) is 9.35. The fourth-order valence-electron chi connectivity index (χ4n) is 3.07. The van der Waals surface area contributed by atoms with Crippen LogP contribution in [0.15, 0.2) is 22.6 Å². The van der Waals surface area contributed by atoms with Gasteiger partial charge in [0, 0.05) is 18.2 Å². The zero-order chi connectivity index (χ0) is 19.8. The molecule has 1 atom stereocenters. The average Bonchev–Trinajstić information content (AvgIpc) is 3.19. The normalized spacial score (nSPS) is 17.6. The van der Waals surface area contributed by atoms with Crippen molar-refractivity contribution in [3.8, 4) is 0 Å². The van der Waals surface area contributed by atoms with E-state index in [0.29, 0.717) is 35.6 Å². The van der Waals surface area contributed by atoms with Crippen LogP contribution >= 0.6 is 0 Å². The van der Waals surface area contributed by atoms with Gasteiger partial charge in [-0.3, -0.25) is 9.69 Å². The second kappa shape index (κ2) is 7.21. The summed E-state index contributed by atoms with van der Waals surface area (Å²) in [5, 5.41) is 2.89. The summed E-state index contributed by atoms with van der Waals surface area (Å²) in [6.45, 7) is 9.99. The molecule has 2 aromatic rings. The van der Waals surface area contributed by atoms with E-state index in [1.165, 1.54) is 4.90 Å². The van der Waals surface area contributed by atoms with E-state index in [-0.39, 0.29) is 11.8 Å². The summed E-state index contributed by atoms with van der Waals surface area (Å²) < 4.78 is 11.1. The van der Waals surface area contributed by atoms with Crippen LogP contribution in [-0.4, -0.2) is 40.1 Å². The van der Waals surface area contributed by atoms with Gasteiger partial charge in [0.2, 0.25) is 5.91 Å².